The fraction of sp³-hybridized carbons (Fsp3) is 0.600. The minimum Gasteiger partial charge on any atom is -0.479 e. The van der Waals surface area contributed by atoms with E-state index in [0.717, 1.165) is 0 Å². The molecule has 0 saturated carbocycles. The van der Waals surface area contributed by atoms with E-state index in [9.17, 15) is 5.11 Å². The third kappa shape index (κ3) is 2.73. The van der Waals surface area contributed by atoms with E-state index in [2.05, 4.69) is 15.3 Å². The molecule has 6 nitrogen and oxygen atoms in total. The average molecular weight is 226 g/mol. The van der Waals surface area contributed by atoms with Crippen LogP contribution in [0.25, 0.3) is 0 Å². The molecule has 0 aliphatic heterocycles. The molecule has 16 heavy (non-hydrogen) atoms. The highest BCUT2D eigenvalue weighted by atomic mass is 16.5. The van der Waals surface area contributed by atoms with Gasteiger partial charge in [-0.3, -0.25) is 0 Å². The van der Waals surface area contributed by atoms with Crippen LogP contribution >= 0.6 is 0 Å². The van der Waals surface area contributed by atoms with Crippen molar-refractivity contribution in [2.45, 2.75) is 19.9 Å². The molecule has 1 aromatic heterocycles. The number of methoxy groups -OCH3 is 1. The Bertz CT molecular complexity index is 344. The summed E-state index contributed by atoms with van der Waals surface area (Å²) in [6.45, 7) is 4.02. The highest BCUT2D eigenvalue weighted by molar-refractivity contribution is 5.66. The van der Waals surface area contributed by atoms with Crippen molar-refractivity contribution in [3.05, 3.63) is 6.33 Å². The molecular formula is C10H18N4O2. The van der Waals surface area contributed by atoms with Gasteiger partial charge in [0.1, 0.15) is 12.0 Å². The van der Waals surface area contributed by atoms with Gasteiger partial charge in [-0.2, -0.15) is 4.98 Å². The average Bonchev–Trinajstić information content (AvgIpc) is 2.27. The van der Waals surface area contributed by atoms with Crippen molar-refractivity contribution in [1.29, 1.82) is 0 Å². The van der Waals surface area contributed by atoms with Crippen LogP contribution in [0.15, 0.2) is 6.33 Å². The summed E-state index contributed by atoms with van der Waals surface area (Å²) in [6, 6.07) is -0.0955. The molecule has 0 spiro atoms. The number of ether oxygens (including phenoxy) is 1. The van der Waals surface area contributed by atoms with Crippen molar-refractivity contribution in [3.8, 4) is 5.88 Å². The summed E-state index contributed by atoms with van der Waals surface area (Å²) in [6.07, 6.45) is 1.37. The van der Waals surface area contributed by atoms with E-state index in [0.29, 0.717) is 17.4 Å². The maximum atomic E-state index is 9.20. The zero-order valence-corrected chi connectivity index (χ0v) is 9.77. The second kappa shape index (κ2) is 5.50. The Hall–Kier alpha value is -1.56. The molecule has 1 rings (SSSR count). The number of aromatic nitrogens is 2. The lowest BCUT2D eigenvalue weighted by Crippen LogP contribution is -2.30. The molecule has 4 N–H and O–H groups in total. The Kier molecular flexibility index (Phi) is 4.30. The number of nitrogens with zero attached hydrogens (tertiary/aromatic N) is 2. The van der Waals surface area contributed by atoms with Crippen LogP contribution in [-0.4, -0.2) is 34.8 Å². The highest BCUT2D eigenvalue weighted by Gasteiger charge is 2.15. The van der Waals surface area contributed by atoms with Gasteiger partial charge in [-0.25, -0.2) is 4.98 Å². The maximum absolute atomic E-state index is 9.20. The zero-order chi connectivity index (χ0) is 12.1. The quantitative estimate of drug-likeness (QED) is 0.676. The van der Waals surface area contributed by atoms with E-state index in [1.807, 2.05) is 13.8 Å². The van der Waals surface area contributed by atoms with E-state index in [4.69, 9.17) is 10.5 Å². The fourth-order valence-electron chi connectivity index (χ4n) is 1.26. The Morgan fingerprint density at radius 3 is 2.69 bits per heavy atom. The maximum Gasteiger partial charge on any atom is 0.242 e. The van der Waals surface area contributed by atoms with Crippen molar-refractivity contribution in [3.63, 3.8) is 0 Å². The molecular weight excluding hydrogens is 208 g/mol. The van der Waals surface area contributed by atoms with Crippen LogP contribution in [0.2, 0.25) is 0 Å². The number of nitrogen functional groups attached to an aromatic ring is 1. The predicted molar refractivity (Wildman–Crippen MR) is 62.3 cm³/mol. The van der Waals surface area contributed by atoms with Crippen LogP contribution < -0.4 is 15.8 Å². The van der Waals surface area contributed by atoms with E-state index in [-0.39, 0.29) is 18.6 Å². The molecule has 0 aliphatic rings. The number of hydrogen-bond donors (Lipinski definition) is 3. The van der Waals surface area contributed by atoms with E-state index in [1.54, 1.807) is 0 Å². The first kappa shape index (κ1) is 12.5. The van der Waals surface area contributed by atoms with Crippen molar-refractivity contribution in [2.24, 2.45) is 5.92 Å². The number of aliphatic hydroxyl groups excluding tert-OH is 1. The highest BCUT2D eigenvalue weighted by Crippen LogP contribution is 2.25. The van der Waals surface area contributed by atoms with Gasteiger partial charge in [0.2, 0.25) is 5.88 Å². The first-order valence-corrected chi connectivity index (χ1v) is 5.12. The van der Waals surface area contributed by atoms with Gasteiger partial charge >= 0.3 is 0 Å². The largest absolute Gasteiger partial charge is 0.479 e. The topological polar surface area (TPSA) is 93.3 Å². The summed E-state index contributed by atoms with van der Waals surface area (Å²) in [5.41, 5.74) is 6.15. The number of hydrogen-bond acceptors (Lipinski definition) is 6. The molecule has 6 heteroatoms. The van der Waals surface area contributed by atoms with Gasteiger partial charge in [0.05, 0.1) is 19.8 Å². The summed E-state index contributed by atoms with van der Waals surface area (Å²) in [4.78, 5) is 7.89. The smallest absolute Gasteiger partial charge is 0.242 e. The molecule has 1 atom stereocenters. The van der Waals surface area contributed by atoms with Crippen molar-refractivity contribution in [2.75, 3.05) is 24.8 Å². The van der Waals surface area contributed by atoms with Crippen molar-refractivity contribution < 1.29 is 9.84 Å². The molecule has 0 aromatic carbocycles. The molecule has 0 saturated heterocycles. The number of nitrogens with two attached hydrogens (primary N) is 1. The second-order valence-electron chi connectivity index (χ2n) is 3.82. The fourth-order valence-corrected chi connectivity index (χ4v) is 1.26. The molecule has 0 fully saturated rings. The van der Waals surface area contributed by atoms with Gasteiger partial charge in [0.15, 0.2) is 5.82 Å². The van der Waals surface area contributed by atoms with Crippen LogP contribution in [0.1, 0.15) is 13.8 Å². The van der Waals surface area contributed by atoms with E-state index >= 15 is 0 Å². The number of aliphatic hydroxyl groups is 1. The summed E-state index contributed by atoms with van der Waals surface area (Å²) >= 11 is 0. The predicted octanol–water partition coefficient (Wildman–Crippen LogP) is 0.496. The van der Waals surface area contributed by atoms with E-state index in [1.165, 1.54) is 13.4 Å². The summed E-state index contributed by atoms with van der Waals surface area (Å²) < 4.78 is 4.98. The van der Waals surface area contributed by atoms with E-state index < -0.39 is 0 Å². The van der Waals surface area contributed by atoms with Crippen LogP contribution in [0, 0.1) is 5.92 Å². The lowest BCUT2D eigenvalue weighted by Gasteiger charge is -2.21. The van der Waals surface area contributed by atoms with Gasteiger partial charge in [0, 0.05) is 0 Å². The monoisotopic (exact) mass is 226 g/mol. The number of rotatable bonds is 5. The van der Waals surface area contributed by atoms with Gasteiger partial charge in [-0.15, -0.1) is 0 Å². The molecule has 0 aliphatic carbocycles. The van der Waals surface area contributed by atoms with Crippen LogP contribution in [0.3, 0.4) is 0 Å². The van der Waals surface area contributed by atoms with Crippen LogP contribution in [-0.2, 0) is 0 Å². The lowest BCUT2D eigenvalue weighted by molar-refractivity contribution is 0.249. The van der Waals surface area contributed by atoms with Gasteiger partial charge in [-0.05, 0) is 5.92 Å². The number of nitrogens with one attached hydrogen (secondary N) is 1. The summed E-state index contributed by atoms with van der Waals surface area (Å²) in [7, 11) is 1.49. The molecule has 0 amide bonds. The van der Waals surface area contributed by atoms with Gasteiger partial charge in [0.25, 0.3) is 0 Å². The first-order chi connectivity index (χ1) is 7.60. The molecule has 1 aromatic rings. The number of anilines is 2. The lowest BCUT2D eigenvalue weighted by atomic mass is 10.1. The van der Waals surface area contributed by atoms with Crippen LogP contribution in [0.4, 0.5) is 11.5 Å². The van der Waals surface area contributed by atoms with Crippen molar-refractivity contribution >= 4 is 11.5 Å². The van der Waals surface area contributed by atoms with Crippen molar-refractivity contribution in [1.82, 2.24) is 9.97 Å². The Balaban J connectivity index is 2.88. The zero-order valence-electron chi connectivity index (χ0n) is 9.77. The molecule has 0 unspecified atom stereocenters. The molecule has 1 heterocycles. The Labute approximate surface area is 94.9 Å². The molecule has 0 bridgehead atoms. The first-order valence-electron chi connectivity index (χ1n) is 5.12. The Morgan fingerprint density at radius 2 is 2.19 bits per heavy atom. The summed E-state index contributed by atoms with van der Waals surface area (Å²) in [5.74, 6) is 1.09. The SMILES string of the molecule is COc1ncnc(N[C@H](CO)C(C)C)c1N. The third-order valence-electron chi connectivity index (χ3n) is 2.36. The summed E-state index contributed by atoms with van der Waals surface area (Å²) in [5, 5.41) is 12.3. The standard InChI is InChI=1S/C10H18N4O2/c1-6(2)7(4-15)14-9-8(11)10(16-3)13-5-12-9/h5-7,15H,4,11H2,1-3H3,(H,12,13,14)/t7-/m1/s1. The minimum absolute atomic E-state index is 0.0173. The van der Waals surface area contributed by atoms with Gasteiger partial charge in [-0.1, -0.05) is 13.8 Å². The third-order valence-corrected chi connectivity index (χ3v) is 2.36. The molecule has 0 radical (unpaired) electrons. The Morgan fingerprint density at radius 1 is 1.50 bits per heavy atom. The van der Waals surface area contributed by atoms with Crippen LogP contribution in [0.5, 0.6) is 5.88 Å². The minimum atomic E-state index is -0.0955. The second-order valence-corrected chi connectivity index (χ2v) is 3.82. The molecule has 90 valence electrons. The van der Waals surface area contributed by atoms with Gasteiger partial charge < -0.3 is 20.9 Å². The normalized spacial score (nSPS) is 12.6.